The molecule has 0 aliphatic carbocycles. The number of hydrogen-bond donors (Lipinski definition) is 1. The molecule has 3 nitrogen and oxygen atoms in total. The molecule has 2 aromatic carbocycles. The fourth-order valence-corrected chi connectivity index (χ4v) is 4.56. The largest absolute Gasteiger partial charge is 0.312 e. The van der Waals surface area contributed by atoms with Gasteiger partial charge in [-0.2, -0.15) is 0 Å². The molecule has 21 heavy (non-hydrogen) atoms. The predicted octanol–water partition coefficient (Wildman–Crippen LogP) is 3.57. The van der Waals surface area contributed by atoms with Crippen molar-refractivity contribution in [1.82, 2.24) is 5.32 Å². The van der Waals surface area contributed by atoms with Crippen LogP contribution in [0.2, 0.25) is 0 Å². The second-order valence-corrected chi connectivity index (χ2v) is 8.11. The number of benzene rings is 2. The quantitative estimate of drug-likeness (QED) is 0.878. The Labute approximate surface area is 134 Å². The molecular weight excluding hydrogens is 350 g/mol. The maximum atomic E-state index is 12.8. The van der Waals surface area contributed by atoms with E-state index in [2.05, 4.69) is 21.2 Å². The maximum Gasteiger partial charge on any atom is 0.182 e. The molecule has 0 saturated heterocycles. The summed E-state index contributed by atoms with van der Waals surface area (Å²) in [5.41, 5.74) is 0.964. The highest BCUT2D eigenvalue weighted by atomic mass is 79.9. The predicted molar refractivity (Wildman–Crippen MR) is 89.0 cm³/mol. The van der Waals surface area contributed by atoms with Gasteiger partial charge in [0.2, 0.25) is 0 Å². The van der Waals surface area contributed by atoms with Gasteiger partial charge in [-0.25, -0.2) is 8.42 Å². The zero-order chi connectivity index (χ0) is 15.5. The van der Waals surface area contributed by atoms with Gasteiger partial charge < -0.3 is 5.32 Å². The van der Waals surface area contributed by atoms with Crippen molar-refractivity contribution in [2.24, 2.45) is 0 Å². The Morgan fingerprint density at radius 2 is 1.71 bits per heavy atom. The van der Waals surface area contributed by atoms with Gasteiger partial charge in [0.1, 0.15) is 0 Å². The van der Waals surface area contributed by atoms with Gasteiger partial charge in [-0.15, -0.1) is 0 Å². The van der Waals surface area contributed by atoms with Crippen LogP contribution in [0.15, 0.2) is 64.0 Å². The zero-order valence-electron chi connectivity index (χ0n) is 12.0. The van der Waals surface area contributed by atoms with Crippen molar-refractivity contribution in [2.75, 3.05) is 7.05 Å². The van der Waals surface area contributed by atoms with Crippen molar-refractivity contribution in [3.8, 4) is 0 Å². The third kappa shape index (κ3) is 3.54. The number of halogens is 1. The van der Waals surface area contributed by atoms with Gasteiger partial charge in [-0.05, 0) is 37.7 Å². The Kier molecular flexibility index (Phi) is 5.19. The molecular formula is C16H18BrNO2S. The lowest BCUT2D eigenvalue weighted by Crippen LogP contribution is -2.33. The van der Waals surface area contributed by atoms with Crippen LogP contribution in [-0.2, 0) is 9.84 Å². The SMILES string of the molecule is CNC(c1ccccc1)C(C)S(=O)(=O)c1cccc(Br)c1. The van der Waals surface area contributed by atoms with Crippen molar-refractivity contribution >= 4 is 25.8 Å². The highest BCUT2D eigenvalue weighted by Crippen LogP contribution is 2.28. The average molecular weight is 368 g/mol. The molecule has 2 rings (SSSR count). The van der Waals surface area contributed by atoms with E-state index in [4.69, 9.17) is 0 Å². The van der Waals surface area contributed by atoms with Crippen LogP contribution in [0.25, 0.3) is 0 Å². The summed E-state index contributed by atoms with van der Waals surface area (Å²) in [7, 11) is -1.63. The number of nitrogens with one attached hydrogen (secondary N) is 1. The molecule has 0 aliphatic heterocycles. The number of hydrogen-bond acceptors (Lipinski definition) is 3. The van der Waals surface area contributed by atoms with Crippen LogP contribution in [0.4, 0.5) is 0 Å². The first-order valence-corrected chi connectivity index (χ1v) is 9.02. The topological polar surface area (TPSA) is 46.2 Å². The first-order chi connectivity index (χ1) is 9.96. The van der Waals surface area contributed by atoms with Crippen LogP contribution < -0.4 is 5.32 Å². The van der Waals surface area contributed by atoms with Crippen molar-refractivity contribution in [3.63, 3.8) is 0 Å². The summed E-state index contributed by atoms with van der Waals surface area (Å²) in [5.74, 6) is 0. The third-order valence-corrected chi connectivity index (χ3v) is 6.21. The smallest absolute Gasteiger partial charge is 0.182 e. The lowest BCUT2D eigenvalue weighted by molar-refractivity contribution is 0.530. The van der Waals surface area contributed by atoms with Gasteiger partial charge in [-0.3, -0.25) is 0 Å². The molecule has 0 bridgehead atoms. The van der Waals surface area contributed by atoms with E-state index < -0.39 is 15.1 Å². The lowest BCUT2D eigenvalue weighted by atomic mass is 10.0. The summed E-state index contributed by atoms with van der Waals surface area (Å²) in [6.07, 6.45) is 0. The Balaban J connectivity index is 2.39. The molecule has 2 unspecified atom stereocenters. The molecule has 2 aromatic rings. The minimum Gasteiger partial charge on any atom is -0.312 e. The van der Waals surface area contributed by atoms with Gasteiger partial charge in [0.15, 0.2) is 9.84 Å². The summed E-state index contributed by atoms with van der Waals surface area (Å²) in [6.45, 7) is 1.74. The molecule has 5 heteroatoms. The first-order valence-electron chi connectivity index (χ1n) is 6.68. The summed E-state index contributed by atoms with van der Waals surface area (Å²) in [6, 6.07) is 16.2. The van der Waals surface area contributed by atoms with Gasteiger partial charge in [0.25, 0.3) is 0 Å². The normalized spacial score (nSPS) is 14.6. The molecule has 0 amide bonds. The zero-order valence-corrected chi connectivity index (χ0v) is 14.4. The maximum absolute atomic E-state index is 12.8. The van der Waals surface area contributed by atoms with Crippen molar-refractivity contribution in [3.05, 3.63) is 64.6 Å². The van der Waals surface area contributed by atoms with Gasteiger partial charge >= 0.3 is 0 Å². The molecule has 0 radical (unpaired) electrons. The van der Waals surface area contributed by atoms with Crippen LogP contribution in [0.3, 0.4) is 0 Å². The molecule has 0 fully saturated rings. The minimum absolute atomic E-state index is 0.254. The van der Waals surface area contributed by atoms with E-state index in [1.165, 1.54) is 0 Å². The summed E-state index contributed by atoms with van der Waals surface area (Å²) >= 11 is 3.32. The van der Waals surface area contributed by atoms with Crippen molar-refractivity contribution in [1.29, 1.82) is 0 Å². The standard InChI is InChI=1S/C16H18BrNO2S/c1-12(16(18-2)13-7-4-3-5-8-13)21(19,20)15-10-6-9-14(17)11-15/h3-12,16,18H,1-2H3. The van der Waals surface area contributed by atoms with E-state index in [1.54, 1.807) is 32.2 Å². The fourth-order valence-electron chi connectivity index (χ4n) is 2.37. The van der Waals surface area contributed by atoms with Crippen molar-refractivity contribution < 1.29 is 8.42 Å². The van der Waals surface area contributed by atoms with Crippen molar-refractivity contribution in [2.45, 2.75) is 23.1 Å². The Morgan fingerprint density at radius 1 is 1.05 bits per heavy atom. The monoisotopic (exact) mass is 367 g/mol. The second kappa shape index (κ2) is 6.73. The first kappa shape index (κ1) is 16.2. The van der Waals surface area contributed by atoms with E-state index in [0.29, 0.717) is 4.90 Å². The highest BCUT2D eigenvalue weighted by Gasteiger charge is 2.31. The summed E-state index contributed by atoms with van der Waals surface area (Å²) in [4.78, 5) is 0.334. The van der Waals surface area contributed by atoms with E-state index in [1.807, 2.05) is 36.4 Å². The van der Waals surface area contributed by atoms with Crippen LogP contribution in [0.1, 0.15) is 18.5 Å². The molecule has 0 saturated carbocycles. The highest BCUT2D eigenvalue weighted by molar-refractivity contribution is 9.10. The lowest BCUT2D eigenvalue weighted by Gasteiger charge is -2.24. The fraction of sp³-hybridized carbons (Fsp3) is 0.250. The van der Waals surface area contributed by atoms with Crippen LogP contribution in [-0.4, -0.2) is 20.7 Å². The molecule has 1 N–H and O–H groups in total. The number of rotatable bonds is 5. The average Bonchev–Trinajstić information content (AvgIpc) is 2.49. The minimum atomic E-state index is -3.41. The summed E-state index contributed by atoms with van der Waals surface area (Å²) in [5, 5.41) is 2.55. The van der Waals surface area contributed by atoms with E-state index >= 15 is 0 Å². The Hall–Kier alpha value is -1.17. The summed E-state index contributed by atoms with van der Waals surface area (Å²) < 4.78 is 26.4. The molecule has 0 spiro atoms. The van der Waals surface area contributed by atoms with Crippen LogP contribution in [0, 0.1) is 0 Å². The van der Waals surface area contributed by atoms with E-state index in [0.717, 1.165) is 10.0 Å². The molecule has 2 atom stereocenters. The molecule has 0 heterocycles. The van der Waals surface area contributed by atoms with Gasteiger partial charge in [-0.1, -0.05) is 52.3 Å². The van der Waals surface area contributed by atoms with Crippen LogP contribution in [0.5, 0.6) is 0 Å². The van der Waals surface area contributed by atoms with Crippen LogP contribution >= 0.6 is 15.9 Å². The Bertz CT molecular complexity index is 701. The van der Waals surface area contributed by atoms with Gasteiger partial charge in [0, 0.05) is 10.5 Å². The van der Waals surface area contributed by atoms with Gasteiger partial charge in [0.05, 0.1) is 10.1 Å². The number of sulfone groups is 1. The Morgan fingerprint density at radius 3 is 2.29 bits per heavy atom. The molecule has 112 valence electrons. The van der Waals surface area contributed by atoms with E-state index in [9.17, 15) is 8.42 Å². The second-order valence-electron chi connectivity index (χ2n) is 4.88. The molecule has 0 aliphatic rings. The molecule has 0 aromatic heterocycles. The van der Waals surface area contributed by atoms with E-state index in [-0.39, 0.29) is 6.04 Å². The third-order valence-electron chi connectivity index (χ3n) is 3.55.